The summed E-state index contributed by atoms with van der Waals surface area (Å²) in [5.74, 6) is 1.47. The molecule has 120 valence electrons. The minimum Gasteiger partial charge on any atom is -0.461 e. The molecule has 1 aromatic carbocycles. The standard InChI is InChI=1S/C18H15N3O2S/c1-11(2)13-7-5-12(6-8-13)10-15-17(22)21-18(24-15)19-16(20-21)14-4-3-9-23-14/h3-11H,1-2H3/b15-10+. The molecule has 3 aromatic heterocycles. The summed E-state index contributed by atoms with van der Waals surface area (Å²) in [4.78, 5) is 17.4. The van der Waals surface area contributed by atoms with Crippen LogP contribution >= 0.6 is 11.3 Å². The molecule has 0 aliphatic rings. The van der Waals surface area contributed by atoms with Crippen LogP contribution in [0.3, 0.4) is 0 Å². The van der Waals surface area contributed by atoms with Gasteiger partial charge in [0.25, 0.3) is 5.56 Å². The maximum Gasteiger partial charge on any atom is 0.291 e. The van der Waals surface area contributed by atoms with Crippen LogP contribution in [0, 0.1) is 0 Å². The van der Waals surface area contributed by atoms with Gasteiger partial charge < -0.3 is 4.42 Å². The van der Waals surface area contributed by atoms with Gasteiger partial charge in [0.05, 0.1) is 10.8 Å². The molecule has 0 atom stereocenters. The Kier molecular flexibility index (Phi) is 3.54. The summed E-state index contributed by atoms with van der Waals surface area (Å²) in [6.07, 6.45) is 3.43. The molecule has 0 aliphatic carbocycles. The van der Waals surface area contributed by atoms with E-state index in [-0.39, 0.29) is 5.56 Å². The van der Waals surface area contributed by atoms with E-state index in [1.54, 1.807) is 18.4 Å². The molecule has 4 aromatic rings. The maximum atomic E-state index is 12.5. The Balaban J connectivity index is 1.76. The first-order valence-corrected chi connectivity index (χ1v) is 8.48. The Morgan fingerprint density at radius 2 is 2.00 bits per heavy atom. The fourth-order valence-corrected chi connectivity index (χ4v) is 3.38. The third kappa shape index (κ3) is 2.55. The van der Waals surface area contributed by atoms with E-state index in [0.717, 1.165) is 5.56 Å². The highest BCUT2D eigenvalue weighted by Gasteiger charge is 2.13. The van der Waals surface area contributed by atoms with E-state index in [4.69, 9.17) is 4.42 Å². The van der Waals surface area contributed by atoms with E-state index < -0.39 is 0 Å². The van der Waals surface area contributed by atoms with Gasteiger partial charge in [-0.15, -0.1) is 5.10 Å². The van der Waals surface area contributed by atoms with Gasteiger partial charge in [-0.3, -0.25) is 4.79 Å². The number of benzene rings is 1. The van der Waals surface area contributed by atoms with E-state index in [1.807, 2.05) is 18.2 Å². The summed E-state index contributed by atoms with van der Waals surface area (Å²) in [6.45, 7) is 4.32. The number of furan rings is 1. The fraction of sp³-hybridized carbons (Fsp3) is 0.167. The molecule has 4 rings (SSSR count). The van der Waals surface area contributed by atoms with Crippen molar-refractivity contribution < 1.29 is 4.42 Å². The molecule has 0 bridgehead atoms. The van der Waals surface area contributed by atoms with Crippen LogP contribution in [-0.4, -0.2) is 14.6 Å². The number of aromatic nitrogens is 3. The van der Waals surface area contributed by atoms with E-state index in [0.29, 0.717) is 27.0 Å². The van der Waals surface area contributed by atoms with Gasteiger partial charge in [-0.1, -0.05) is 49.4 Å². The molecule has 0 saturated carbocycles. The summed E-state index contributed by atoms with van der Waals surface area (Å²) in [5.41, 5.74) is 2.11. The molecule has 24 heavy (non-hydrogen) atoms. The molecule has 0 radical (unpaired) electrons. The number of rotatable bonds is 3. The third-order valence-electron chi connectivity index (χ3n) is 3.82. The van der Waals surface area contributed by atoms with Gasteiger partial charge in [-0.2, -0.15) is 9.50 Å². The Labute approximate surface area is 141 Å². The number of hydrogen-bond donors (Lipinski definition) is 0. The van der Waals surface area contributed by atoms with Crippen molar-refractivity contribution in [3.63, 3.8) is 0 Å². The lowest BCUT2D eigenvalue weighted by atomic mass is 10.0. The van der Waals surface area contributed by atoms with Crippen LogP contribution < -0.4 is 10.1 Å². The van der Waals surface area contributed by atoms with Crippen molar-refractivity contribution in [1.82, 2.24) is 14.6 Å². The van der Waals surface area contributed by atoms with Crippen molar-refractivity contribution in [2.45, 2.75) is 19.8 Å². The van der Waals surface area contributed by atoms with E-state index >= 15 is 0 Å². The third-order valence-corrected chi connectivity index (χ3v) is 4.78. The van der Waals surface area contributed by atoms with E-state index in [1.165, 1.54) is 21.4 Å². The summed E-state index contributed by atoms with van der Waals surface area (Å²) in [7, 11) is 0. The van der Waals surface area contributed by atoms with Gasteiger partial charge in [0.15, 0.2) is 5.76 Å². The van der Waals surface area contributed by atoms with Crippen molar-refractivity contribution in [3.05, 3.63) is 68.7 Å². The minimum atomic E-state index is -0.159. The van der Waals surface area contributed by atoms with Crippen LogP contribution in [0.2, 0.25) is 0 Å². The van der Waals surface area contributed by atoms with E-state index in [2.05, 4.69) is 36.1 Å². The van der Waals surface area contributed by atoms with Gasteiger partial charge in [0.2, 0.25) is 10.8 Å². The van der Waals surface area contributed by atoms with Crippen LogP contribution in [0.5, 0.6) is 0 Å². The van der Waals surface area contributed by atoms with Crippen LogP contribution in [0.4, 0.5) is 0 Å². The number of fused-ring (bicyclic) bond motifs is 1. The molecule has 0 fully saturated rings. The number of nitrogens with zero attached hydrogens (tertiary/aromatic N) is 3. The predicted octanol–water partition coefficient (Wildman–Crippen LogP) is 3.08. The summed E-state index contributed by atoms with van der Waals surface area (Å²) in [6, 6.07) is 11.8. The predicted molar refractivity (Wildman–Crippen MR) is 94.2 cm³/mol. The van der Waals surface area contributed by atoms with Gasteiger partial charge in [0.1, 0.15) is 0 Å². The van der Waals surface area contributed by atoms with Crippen molar-refractivity contribution in [1.29, 1.82) is 0 Å². The zero-order valence-electron chi connectivity index (χ0n) is 13.3. The monoisotopic (exact) mass is 337 g/mol. The average molecular weight is 337 g/mol. The maximum absolute atomic E-state index is 12.5. The normalized spacial score (nSPS) is 12.5. The lowest BCUT2D eigenvalue weighted by molar-refractivity contribution is 0.577. The molecule has 3 heterocycles. The van der Waals surface area contributed by atoms with Crippen molar-refractivity contribution in [2.75, 3.05) is 0 Å². The Morgan fingerprint density at radius 1 is 1.21 bits per heavy atom. The van der Waals surface area contributed by atoms with Crippen molar-refractivity contribution in [2.24, 2.45) is 0 Å². The first-order valence-electron chi connectivity index (χ1n) is 7.67. The Hall–Kier alpha value is -2.73. The second-order valence-electron chi connectivity index (χ2n) is 5.84. The topological polar surface area (TPSA) is 60.4 Å². The van der Waals surface area contributed by atoms with Gasteiger partial charge in [0, 0.05) is 0 Å². The minimum absolute atomic E-state index is 0.159. The zero-order valence-corrected chi connectivity index (χ0v) is 14.1. The van der Waals surface area contributed by atoms with Crippen molar-refractivity contribution >= 4 is 22.4 Å². The van der Waals surface area contributed by atoms with Crippen LogP contribution in [0.25, 0.3) is 22.6 Å². The smallest absolute Gasteiger partial charge is 0.291 e. The molecule has 5 nitrogen and oxygen atoms in total. The average Bonchev–Trinajstić information content (AvgIpc) is 3.27. The highest BCUT2D eigenvalue weighted by molar-refractivity contribution is 7.15. The van der Waals surface area contributed by atoms with Gasteiger partial charge >= 0.3 is 0 Å². The Morgan fingerprint density at radius 3 is 2.62 bits per heavy atom. The van der Waals surface area contributed by atoms with Gasteiger partial charge in [-0.25, -0.2) is 0 Å². The first-order chi connectivity index (χ1) is 11.6. The molecule has 0 unspecified atom stereocenters. The number of hydrogen-bond acceptors (Lipinski definition) is 5. The SMILES string of the molecule is CC(C)c1ccc(/C=c2/sc3nc(-c4ccco4)nn3c2=O)cc1. The van der Waals surface area contributed by atoms with Gasteiger partial charge in [-0.05, 0) is 35.3 Å². The molecule has 0 N–H and O–H groups in total. The van der Waals surface area contributed by atoms with Crippen molar-refractivity contribution in [3.8, 4) is 11.6 Å². The molecule has 0 saturated heterocycles. The van der Waals surface area contributed by atoms with Crippen LogP contribution in [0.1, 0.15) is 30.9 Å². The second kappa shape index (κ2) is 5.72. The lowest BCUT2D eigenvalue weighted by Gasteiger charge is -2.04. The highest BCUT2D eigenvalue weighted by atomic mass is 32.1. The zero-order chi connectivity index (χ0) is 16.7. The highest BCUT2D eigenvalue weighted by Crippen LogP contribution is 2.17. The van der Waals surface area contributed by atoms with E-state index in [9.17, 15) is 4.79 Å². The molecule has 0 amide bonds. The van der Waals surface area contributed by atoms with Crippen LogP contribution in [0.15, 0.2) is 51.9 Å². The second-order valence-corrected chi connectivity index (χ2v) is 6.85. The fourth-order valence-electron chi connectivity index (χ4n) is 2.47. The Bertz CT molecular complexity index is 1090. The lowest BCUT2D eigenvalue weighted by Crippen LogP contribution is -2.23. The summed E-state index contributed by atoms with van der Waals surface area (Å²) >= 11 is 1.33. The molecular weight excluding hydrogens is 322 g/mol. The number of thiazole rings is 1. The molecular formula is C18H15N3O2S. The quantitative estimate of drug-likeness (QED) is 0.576. The first kappa shape index (κ1) is 14.8. The largest absolute Gasteiger partial charge is 0.461 e. The molecule has 6 heteroatoms. The molecule has 0 aliphatic heterocycles. The molecule has 0 spiro atoms. The summed E-state index contributed by atoms with van der Waals surface area (Å²) in [5, 5.41) is 4.24. The summed E-state index contributed by atoms with van der Waals surface area (Å²) < 4.78 is 7.22. The van der Waals surface area contributed by atoms with Crippen LogP contribution in [-0.2, 0) is 0 Å².